The van der Waals surface area contributed by atoms with E-state index in [0.717, 1.165) is 28.4 Å². The highest BCUT2D eigenvalue weighted by Gasteiger charge is 2.21. The minimum atomic E-state index is 1.11. The molecule has 0 saturated heterocycles. The van der Waals surface area contributed by atoms with Crippen molar-refractivity contribution < 1.29 is 0 Å². The molecule has 11 rings (SSSR count). The number of fused-ring (bicyclic) bond motifs is 8. The molecular weight excluding hydrogens is 775 g/mol. The summed E-state index contributed by atoms with van der Waals surface area (Å²) in [6.45, 7) is 13.2. The van der Waals surface area contributed by atoms with Crippen molar-refractivity contribution in [1.29, 1.82) is 0 Å². The zero-order chi connectivity index (χ0) is 44.4. The first kappa shape index (κ1) is 42.8. The van der Waals surface area contributed by atoms with Gasteiger partial charge in [-0.05, 0) is 122 Å². The van der Waals surface area contributed by atoms with Gasteiger partial charge in [-0.1, -0.05) is 166 Å². The topological polar surface area (TPSA) is 13.1 Å². The third-order valence-corrected chi connectivity index (χ3v) is 11.4. The van der Waals surface area contributed by atoms with E-state index in [0.29, 0.717) is 0 Å². The molecule has 11 aromatic rings. The number of aromatic nitrogens is 2. The van der Waals surface area contributed by atoms with Crippen LogP contribution in [-0.2, 0) is 0 Å². The summed E-state index contributed by atoms with van der Waals surface area (Å²) < 4.78 is 4.88. The molecule has 3 nitrogen and oxygen atoms in total. The zero-order valence-corrected chi connectivity index (χ0v) is 37.5. The maximum atomic E-state index is 3.36. The van der Waals surface area contributed by atoms with Gasteiger partial charge in [0, 0.05) is 50.0 Å². The van der Waals surface area contributed by atoms with E-state index >= 15 is 0 Å². The lowest BCUT2D eigenvalue weighted by atomic mass is 10.0. The van der Waals surface area contributed by atoms with Gasteiger partial charge in [-0.2, -0.15) is 0 Å². The van der Waals surface area contributed by atoms with Crippen LogP contribution in [0.1, 0.15) is 34.6 Å². The Balaban J connectivity index is 0.000000578. The predicted molar refractivity (Wildman–Crippen MR) is 280 cm³/mol. The van der Waals surface area contributed by atoms with E-state index in [1.807, 2.05) is 46.8 Å². The van der Waals surface area contributed by atoms with E-state index in [1.54, 1.807) is 6.08 Å². The van der Waals surface area contributed by atoms with Gasteiger partial charge in [-0.25, -0.2) is 0 Å². The predicted octanol–water partition coefficient (Wildman–Crippen LogP) is 18.0. The standard InChI is InChI=1S/C52H35N3.C4H8.C3H6.C2H6/c1-4-15-36(16-5-1)37-17-14-22-42(33-37)53(40-18-6-2-7-19-40)43-29-27-39-35-44(30-28-38(39)34-43)55-48-25-12-10-23-45(48)46-31-32-50-51(52(46)55)47-24-11-13-26-49(47)54(50)41-20-8-3-9-21-41;1-3-4-2;1-3-2;1-2/h1-35H;3-4H,1-2H3;3H,1H2,2H3;1-2H3/b;4-3-;;. The minimum absolute atomic E-state index is 1.11. The number of hydrogen-bond acceptors (Lipinski definition) is 1. The van der Waals surface area contributed by atoms with Crippen LogP contribution < -0.4 is 4.90 Å². The maximum absolute atomic E-state index is 3.36. The summed E-state index contributed by atoms with van der Waals surface area (Å²) >= 11 is 0. The molecule has 0 aliphatic rings. The molecule has 0 fully saturated rings. The molecule has 0 bridgehead atoms. The second-order valence-corrected chi connectivity index (χ2v) is 15.3. The van der Waals surface area contributed by atoms with Crippen LogP contribution in [0.3, 0.4) is 0 Å². The fourth-order valence-corrected chi connectivity index (χ4v) is 8.61. The van der Waals surface area contributed by atoms with E-state index in [-0.39, 0.29) is 0 Å². The largest absolute Gasteiger partial charge is 0.310 e. The Bertz CT molecular complexity index is 3330. The van der Waals surface area contributed by atoms with Gasteiger partial charge in [-0.15, -0.1) is 6.58 Å². The molecular formula is C61H55N3. The summed E-state index contributed by atoms with van der Waals surface area (Å²) in [4.78, 5) is 2.35. The van der Waals surface area contributed by atoms with Crippen LogP contribution in [0, 0.1) is 0 Å². The lowest BCUT2D eigenvalue weighted by Crippen LogP contribution is -2.09. The first-order valence-electron chi connectivity index (χ1n) is 22.3. The van der Waals surface area contributed by atoms with Gasteiger partial charge in [0.2, 0.25) is 0 Å². The Morgan fingerprint density at radius 3 is 1.61 bits per heavy atom. The summed E-state index contributed by atoms with van der Waals surface area (Å²) in [7, 11) is 0. The molecule has 2 aromatic heterocycles. The number of benzene rings is 9. The van der Waals surface area contributed by atoms with E-state index in [2.05, 4.69) is 233 Å². The molecule has 0 N–H and O–H groups in total. The van der Waals surface area contributed by atoms with Gasteiger partial charge in [-0.3, -0.25) is 0 Å². The summed E-state index contributed by atoms with van der Waals surface area (Å²) in [5.41, 5.74) is 12.9. The Kier molecular flexibility index (Phi) is 13.3. The lowest BCUT2D eigenvalue weighted by molar-refractivity contribution is 1.18. The normalized spacial score (nSPS) is 10.9. The fraction of sp³-hybridized carbons (Fsp3) is 0.0820. The molecule has 3 heteroatoms. The minimum Gasteiger partial charge on any atom is -0.310 e. The van der Waals surface area contributed by atoms with Crippen molar-refractivity contribution in [1.82, 2.24) is 9.13 Å². The van der Waals surface area contributed by atoms with Crippen molar-refractivity contribution in [3.05, 3.63) is 237 Å². The highest BCUT2D eigenvalue weighted by molar-refractivity contribution is 6.26. The van der Waals surface area contributed by atoms with Crippen molar-refractivity contribution in [3.63, 3.8) is 0 Å². The highest BCUT2D eigenvalue weighted by atomic mass is 15.1. The Hall–Kier alpha value is -7.88. The molecule has 314 valence electrons. The molecule has 0 aliphatic carbocycles. The van der Waals surface area contributed by atoms with E-state index < -0.39 is 0 Å². The molecule has 0 radical (unpaired) electrons. The third-order valence-electron chi connectivity index (χ3n) is 11.4. The van der Waals surface area contributed by atoms with Gasteiger partial charge < -0.3 is 14.0 Å². The Morgan fingerprint density at radius 1 is 0.391 bits per heavy atom. The van der Waals surface area contributed by atoms with Gasteiger partial charge in [0.15, 0.2) is 0 Å². The number of nitrogens with zero attached hydrogens (tertiary/aromatic N) is 3. The molecule has 0 unspecified atom stereocenters. The van der Waals surface area contributed by atoms with Crippen molar-refractivity contribution in [3.8, 4) is 22.5 Å². The summed E-state index contributed by atoms with van der Waals surface area (Å²) in [6, 6.07) is 76.8. The number of hydrogen-bond donors (Lipinski definition) is 0. The van der Waals surface area contributed by atoms with E-state index in [4.69, 9.17) is 0 Å². The van der Waals surface area contributed by atoms with Crippen molar-refractivity contribution in [2.24, 2.45) is 0 Å². The molecule has 0 saturated carbocycles. The zero-order valence-electron chi connectivity index (χ0n) is 37.5. The van der Waals surface area contributed by atoms with E-state index in [1.165, 1.54) is 65.5 Å². The van der Waals surface area contributed by atoms with Crippen LogP contribution in [-0.4, -0.2) is 9.13 Å². The van der Waals surface area contributed by atoms with Crippen LogP contribution in [0.5, 0.6) is 0 Å². The van der Waals surface area contributed by atoms with Crippen LogP contribution in [0.25, 0.3) is 76.9 Å². The Labute approximate surface area is 378 Å². The smallest absolute Gasteiger partial charge is 0.0641 e. The number of anilines is 3. The molecule has 9 aromatic carbocycles. The Morgan fingerprint density at radius 2 is 0.922 bits per heavy atom. The van der Waals surface area contributed by atoms with Gasteiger partial charge in [0.05, 0.1) is 22.1 Å². The first-order valence-corrected chi connectivity index (χ1v) is 22.3. The fourth-order valence-electron chi connectivity index (χ4n) is 8.61. The molecule has 0 atom stereocenters. The first-order chi connectivity index (χ1) is 31.6. The number of allylic oxidation sites excluding steroid dienone is 3. The second-order valence-electron chi connectivity index (χ2n) is 15.3. The lowest BCUT2D eigenvalue weighted by Gasteiger charge is -2.26. The average molecular weight is 830 g/mol. The third kappa shape index (κ3) is 8.24. The van der Waals surface area contributed by atoms with Gasteiger partial charge in [0.25, 0.3) is 0 Å². The van der Waals surface area contributed by atoms with Crippen molar-refractivity contribution >= 4 is 71.4 Å². The molecule has 0 amide bonds. The molecule has 2 heterocycles. The van der Waals surface area contributed by atoms with Crippen LogP contribution in [0.15, 0.2) is 237 Å². The quantitative estimate of drug-likeness (QED) is 0.152. The van der Waals surface area contributed by atoms with Crippen LogP contribution >= 0.6 is 0 Å². The highest BCUT2D eigenvalue weighted by Crippen LogP contribution is 2.43. The number of para-hydroxylation sites is 4. The molecule has 0 spiro atoms. The monoisotopic (exact) mass is 829 g/mol. The van der Waals surface area contributed by atoms with Gasteiger partial charge >= 0.3 is 0 Å². The average Bonchev–Trinajstić information content (AvgIpc) is 3.89. The SMILES string of the molecule is C/C=C\C.C=CC.CC.c1ccc(-c2cccc(N(c3ccccc3)c3ccc4cc(-n5c6ccccc6c6ccc7c(c8ccccc8n7-c7ccccc7)c65)ccc4c3)c2)cc1. The molecule has 64 heavy (non-hydrogen) atoms. The maximum Gasteiger partial charge on any atom is 0.0641 e. The van der Waals surface area contributed by atoms with Crippen molar-refractivity contribution in [2.45, 2.75) is 34.6 Å². The summed E-state index contributed by atoms with van der Waals surface area (Å²) in [5.74, 6) is 0. The van der Waals surface area contributed by atoms with Crippen molar-refractivity contribution in [2.75, 3.05) is 4.90 Å². The van der Waals surface area contributed by atoms with E-state index in [9.17, 15) is 0 Å². The molecule has 0 aliphatic heterocycles. The van der Waals surface area contributed by atoms with Gasteiger partial charge in [0.1, 0.15) is 0 Å². The van der Waals surface area contributed by atoms with Crippen LogP contribution in [0.2, 0.25) is 0 Å². The summed E-state index contributed by atoms with van der Waals surface area (Å²) in [5, 5.41) is 7.40. The second kappa shape index (κ2) is 19.9. The summed E-state index contributed by atoms with van der Waals surface area (Å²) in [6.07, 6.45) is 5.75. The number of rotatable bonds is 6. The van der Waals surface area contributed by atoms with Crippen LogP contribution in [0.4, 0.5) is 17.1 Å².